The zero-order valence-electron chi connectivity index (χ0n) is 12.2. The van der Waals surface area contributed by atoms with Crippen molar-refractivity contribution in [1.82, 2.24) is 0 Å². The first-order chi connectivity index (χ1) is 9.56. The van der Waals surface area contributed by atoms with Crippen LogP contribution < -0.4 is 0 Å². The van der Waals surface area contributed by atoms with Crippen LogP contribution in [0.25, 0.3) is 0 Å². The minimum Gasteiger partial charge on any atom is -0.265 e. The van der Waals surface area contributed by atoms with Gasteiger partial charge in [-0.25, -0.2) is 0 Å². The minimum atomic E-state index is -3.65. The van der Waals surface area contributed by atoms with Crippen molar-refractivity contribution in [3.63, 3.8) is 0 Å². The highest BCUT2D eigenvalue weighted by Crippen LogP contribution is 2.13. The summed E-state index contributed by atoms with van der Waals surface area (Å²) in [6.07, 6.45) is 4.79. The predicted molar refractivity (Wildman–Crippen MR) is 80.9 cm³/mol. The Balaban J connectivity index is 2.35. The number of hydrogen-bond acceptors (Lipinski definition) is 3. The Morgan fingerprint density at radius 2 is 1.70 bits per heavy atom. The summed E-state index contributed by atoms with van der Waals surface area (Å²) in [5, 5.41) is 0. The summed E-state index contributed by atoms with van der Waals surface area (Å²) in [6, 6.07) is 6.62. The Labute approximate surface area is 122 Å². The van der Waals surface area contributed by atoms with Crippen LogP contribution in [-0.4, -0.2) is 15.0 Å². The lowest BCUT2D eigenvalue weighted by Crippen LogP contribution is -2.07. The summed E-state index contributed by atoms with van der Waals surface area (Å²) in [7, 11) is -3.65. The van der Waals surface area contributed by atoms with E-state index in [1.54, 1.807) is 24.3 Å². The second-order valence-corrected chi connectivity index (χ2v) is 6.27. The molecule has 0 atom stereocenters. The van der Waals surface area contributed by atoms with Crippen molar-refractivity contribution in [2.24, 2.45) is 0 Å². The van der Waals surface area contributed by atoms with E-state index in [9.17, 15) is 8.42 Å². The Morgan fingerprint density at radius 1 is 1.05 bits per heavy atom. The highest BCUT2D eigenvalue weighted by molar-refractivity contribution is 7.86. The van der Waals surface area contributed by atoms with Crippen LogP contribution in [0.5, 0.6) is 0 Å². The molecule has 0 radical (unpaired) electrons. The van der Waals surface area contributed by atoms with Gasteiger partial charge in [-0.05, 0) is 25.5 Å². The Hall–Kier alpha value is -1.31. The highest BCUT2D eigenvalue weighted by Gasteiger charge is 2.13. The second-order valence-electron chi connectivity index (χ2n) is 4.65. The second kappa shape index (κ2) is 8.78. The first kappa shape index (κ1) is 16.7. The molecule has 0 N–H and O–H groups in total. The van der Waals surface area contributed by atoms with Gasteiger partial charge in [0.05, 0.1) is 11.5 Å². The van der Waals surface area contributed by atoms with Gasteiger partial charge in [-0.15, -0.1) is 11.8 Å². The van der Waals surface area contributed by atoms with Crippen LogP contribution in [0.1, 0.15) is 44.6 Å². The van der Waals surface area contributed by atoms with Crippen molar-refractivity contribution in [2.75, 3.05) is 6.61 Å². The smallest absolute Gasteiger partial charge is 0.265 e. The van der Waals surface area contributed by atoms with Crippen LogP contribution in [0.4, 0.5) is 0 Å². The normalized spacial score (nSPS) is 10.9. The Morgan fingerprint density at radius 3 is 2.35 bits per heavy atom. The SMILES string of the molecule is CCCCCC#CCCOS(=O)(=O)c1ccc(C)cc1. The number of unbranched alkanes of at least 4 members (excludes halogenated alkanes) is 3. The van der Waals surface area contributed by atoms with Crippen molar-refractivity contribution < 1.29 is 12.6 Å². The molecule has 110 valence electrons. The van der Waals surface area contributed by atoms with Gasteiger partial charge in [0.25, 0.3) is 10.1 Å². The van der Waals surface area contributed by atoms with Crippen LogP contribution in [0.15, 0.2) is 29.2 Å². The molecule has 0 aliphatic rings. The van der Waals surface area contributed by atoms with E-state index < -0.39 is 10.1 Å². The Bertz CT molecular complexity index is 548. The number of aryl methyl sites for hydroxylation is 1. The fourth-order valence-corrected chi connectivity index (χ4v) is 2.52. The topological polar surface area (TPSA) is 43.4 Å². The molecule has 0 aliphatic heterocycles. The van der Waals surface area contributed by atoms with Gasteiger partial charge in [-0.1, -0.05) is 37.5 Å². The number of benzene rings is 1. The molecule has 0 amide bonds. The third-order valence-electron chi connectivity index (χ3n) is 2.81. The average molecular weight is 294 g/mol. The average Bonchev–Trinajstić information content (AvgIpc) is 2.42. The van der Waals surface area contributed by atoms with Gasteiger partial charge in [-0.3, -0.25) is 4.18 Å². The maximum absolute atomic E-state index is 11.8. The third-order valence-corrected chi connectivity index (χ3v) is 4.13. The van der Waals surface area contributed by atoms with Crippen molar-refractivity contribution in [3.05, 3.63) is 29.8 Å². The quantitative estimate of drug-likeness (QED) is 0.438. The molecule has 3 nitrogen and oxygen atoms in total. The van der Waals surface area contributed by atoms with E-state index in [4.69, 9.17) is 4.18 Å². The fourth-order valence-electron chi connectivity index (χ4n) is 1.62. The van der Waals surface area contributed by atoms with E-state index in [0.717, 1.165) is 18.4 Å². The van der Waals surface area contributed by atoms with E-state index in [2.05, 4.69) is 18.8 Å². The standard InChI is InChI=1S/C16H22O3S/c1-3-4-5-6-7-8-9-14-19-20(17,18)16-12-10-15(2)11-13-16/h10-13H,3-6,9,14H2,1-2H3. The molecule has 1 aromatic carbocycles. The predicted octanol–water partition coefficient (Wildman–Crippen LogP) is 3.67. The summed E-state index contributed by atoms with van der Waals surface area (Å²) in [5.41, 5.74) is 1.02. The van der Waals surface area contributed by atoms with Gasteiger partial charge in [-0.2, -0.15) is 8.42 Å². The molecule has 1 rings (SSSR count). The van der Waals surface area contributed by atoms with Crippen LogP contribution in [-0.2, 0) is 14.3 Å². The molecule has 0 saturated heterocycles. The maximum atomic E-state index is 11.8. The van der Waals surface area contributed by atoms with E-state index in [1.807, 2.05) is 6.92 Å². The van der Waals surface area contributed by atoms with E-state index in [1.165, 1.54) is 12.8 Å². The molecular weight excluding hydrogens is 272 g/mol. The van der Waals surface area contributed by atoms with Crippen molar-refractivity contribution in [3.8, 4) is 11.8 Å². The molecule has 0 unspecified atom stereocenters. The molecule has 0 aliphatic carbocycles. The number of hydrogen-bond donors (Lipinski definition) is 0. The molecule has 4 heteroatoms. The summed E-state index contributed by atoms with van der Waals surface area (Å²) in [4.78, 5) is 0.194. The zero-order chi connectivity index (χ0) is 14.8. The Kier molecular flexibility index (Phi) is 7.35. The lowest BCUT2D eigenvalue weighted by Gasteiger charge is -2.04. The fraction of sp³-hybridized carbons (Fsp3) is 0.500. The van der Waals surface area contributed by atoms with Crippen molar-refractivity contribution >= 4 is 10.1 Å². The van der Waals surface area contributed by atoms with Gasteiger partial charge in [0, 0.05) is 12.8 Å². The first-order valence-electron chi connectivity index (χ1n) is 6.98. The van der Waals surface area contributed by atoms with Crippen molar-refractivity contribution in [1.29, 1.82) is 0 Å². The molecule has 1 aromatic rings. The lowest BCUT2D eigenvalue weighted by atomic mass is 10.2. The van der Waals surface area contributed by atoms with Gasteiger partial charge in [0.15, 0.2) is 0 Å². The van der Waals surface area contributed by atoms with E-state index in [-0.39, 0.29) is 11.5 Å². The van der Waals surface area contributed by atoms with Crippen molar-refractivity contribution in [2.45, 2.75) is 50.8 Å². The largest absolute Gasteiger partial charge is 0.297 e. The third kappa shape index (κ3) is 6.23. The molecule has 20 heavy (non-hydrogen) atoms. The van der Waals surface area contributed by atoms with Crippen LogP contribution in [0.2, 0.25) is 0 Å². The summed E-state index contributed by atoms with van der Waals surface area (Å²) in [5.74, 6) is 5.97. The lowest BCUT2D eigenvalue weighted by molar-refractivity contribution is 0.326. The van der Waals surface area contributed by atoms with E-state index >= 15 is 0 Å². The molecule has 0 spiro atoms. The molecular formula is C16H22O3S. The summed E-state index contributed by atoms with van der Waals surface area (Å²) < 4.78 is 28.6. The van der Waals surface area contributed by atoms with Crippen LogP contribution in [0.3, 0.4) is 0 Å². The van der Waals surface area contributed by atoms with Gasteiger partial charge in [0.2, 0.25) is 0 Å². The van der Waals surface area contributed by atoms with E-state index in [0.29, 0.717) is 6.42 Å². The first-order valence-corrected chi connectivity index (χ1v) is 8.39. The zero-order valence-corrected chi connectivity index (χ0v) is 13.0. The highest BCUT2D eigenvalue weighted by atomic mass is 32.2. The summed E-state index contributed by atoms with van der Waals surface area (Å²) in [6.45, 7) is 4.17. The molecule has 0 fully saturated rings. The monoisotopic (exact) mass is 294 g/mol. The number of rotatable bonds is 7. The molecule has 0 saturated carbocycles. The summed E-state index contributed by atoms with van der Waals surface area (Å²) >= 11 is 0. The van der Waals surface area contributed by atoms with Crippen LogP contribution >= 0.6 is 0 Å². The van der Waals surface area contributed by atoms with Crippen LogP contribution in [0, 0.1) is 18.8 Å². The van der Waals surface area contributed by atoms with Gasteiger partial charge in [0.1, 0.15) is 0 Å². The minimum absolute atomic E-state index is 0.108. The maximum Gasteiger partial charge on any atom is 0.297 e. The van der Waals surface area contributed by atoms with Gasteiger partial charge >= 0.3 is 0 Å². The van der Waals surface area contributed by atoms with Gasteiger partial charge < -0.3 is 0 Å². The molecule has 0 bridgehead atoms. The molecule has 0 aromatic heterocycles. The molecule has 0 heterocycles.